The van der Waals surface area contributed by atoms with Gasteiger partial charge in [0.1, 0.15) is 0 Å². The van der Waals surface area contributed by atoms with E-state index in [1.54, 1.807) is 26.0 Å². The quantitative estimate of drug-likeness (QED) is 0.622. The van der Waals surface area contributed by atoms with Crippen molar-refractivity contribution in [2.45, 2.75) is 27.7 Å². The fourth-order valence-corrected chi connectivity index (χ4v) is 3.07. The van der Waals surface area contributed by atoms with Gasteiger partial charge in [-0.3, -0.25) is 9.59 Å². The smallest absolute Gasteiger partial charge is 0.195 e. The summed E-state index contributed by atoms with van der Waals surface area (Å²) in [6, 6.07) is 5.71. The van der Waals surface area contributed by atoms with E-state index in [2.05, 4.69) is 0 Å². The molecule has 0 atom stereocenters. The van der Waals surface area contributed by atoms with Crippen molar-refractivity contribution in [2.24, 2.45) is 0 Å². The Bertz CT molecular complexity index is 832. The van der Waals surface area contributed by atoms with Crippen LogP contribution in [0.15, 0.2) is 24.2 Å². The third-order valence-electron chi connectivity index (χ3n) is 3.81. The topological polar surface area (TPSA) is 34.1 Å². The number of rotatable bonds is 0. The first kappa shape index (κ1) is 11.6. The summed E-state index contributed by atoms with van der Waals surface area (Å²) < 4.78 is 8.05. The highest BCUT2D eigenvalue weighted by Gasteiger charge is 2.32. The molecule has 100 valence electrons. The summed E-state index contributed by atoms with van der Waals surface area (Å²) in [5.74, 6) is -0.249. The van der Waals surface area contributed by atoms with Gasteiger partial charge in [0, 0.05) is 22.3 Å². The molecule has 2 heteroatoms. The fourth-order valence-electron chi connectivity index (χ4n) is 3.07. The summed E-state index contributed by atoms with van der Waals surface area (Å²) >= 11 is 0. The zero-order chi connectivity index (χ0) is 15.5. The molecule has 2 aromatic carbocycles. The molecule has 20 heavy (non-hydrogen) atoms. The highest BCUT2D eigenvalue weighted by molar-refractivity contribution is 6.29. The Morgan fingerprint density at radius 3 is 1.95 bits per heavy atom. The number of hydrogen-bond donors (Lipinski definition) is 0. The summed E-state index contributed by atoms with van der Waals surface area (Å²) in [6.45, 7) is 7.31. The molecular weight excluding hydrogens is 248 g/mol. The van der Waals surface area contributed by atoms with Gasteiger partial charge in [0.25, 0.3) is 0 Å². The van der Waals surface area contributed by atoms with E-state index < -0.39 is 0 Å². The van der Waals surface area contributed by atoms with Crippen molar-refractivity contribution >= 4 is 11.6 Å². The molecule has 0 N–H and O–H groups in total. The first-order chi connectivity index (χ1) is 9.82. The predicted octanol–water partition coefficient (Wildman–Crippen LogP) is 3.70. The van der Waals surface area contributed by atoms with E-state index in [-0.39, 0.29) is 11.6 Å². The van der Waals surface area contributed by atoms with Gasteiger partial charge in [-0.05, 0) is 51.0 Å². The number of carbonyl (C=O) groups is 2. The van der Waals surface area contributed by atoms with Gasteiger partial charge in [-0.25, -0.2) is 0 Å². The van der Waals surface area contributed by atoms with Crippen LogP contribution in [0.5, 0.6) is 0 Å². The minimum absolute atomic E-state index is 0.113. The van der Waals surface area contributed by atoms with Crippen LogP contribution in [0.2, 0.25) is 0 Å². The molecule has 0 heterocycles. The molecule has 0 amide bonds. The van der Waals surface area contributed by atoms with E-state index >= 15 is 0 Å². The second-order valence-electron chi connectivity index (χ2n) is 5.53. The minimum Gasteiger partial charge on any atom is -0.289 e. The van der Waals surface area contributed by atoms with Gasteiger partial charge in [0.2, 0.25) is 0 Å². The van der Waals surface area contributed by atoms with Gasteiger partial charge >= 0.3 is 0 Å². The highest BCUT2D eigenvalue weighted by Crippen LogP contribution is 2.32. The number of aryl methyl sites for hydroxylation is 3. The second kappa shape index (κ2) is 4.14. The molecule has 0 saturated heterocycles. The predicted molar refractivity (Wildman–Crippen MR) is 78.7 cm³/mol. The van der Waals surface area contributed by atoms with Crippen LogP contribution < -0.4 is 0 Å². The number of carbonyl (C=O) groups excluding carboxylic acids is 2. The van der Waals surface area contributed by atoms with Gasteiger partial charge < -0.3 is 0 Å². The molecule has 0 unspecified atom stereocenters. The van der Waals surface area contributed by atoms with Crippen molar-refractivity contribution in [3.63, 3.8) is 0 Å². The average molecular weight is 266 g/mol. The number of ketones is 2. The van der Waals surface area contributed by atoms with E-state index in [1.165, 1.54) is 0 Å². The molecule has 2 nitrogen and oxygen atoms in total. The summed E-state index contributed by atoms with van der Waals surface area (Å²) in [4.78, 5) is 25.6. The standard InChI is InChI=1S/C18H16O2/c1-9-5-11(3)15-13(7-9)17(19)14-8-10(2)6-12(4)16(14)18(15)20/h5-8H,1-4H3/i5T. The second-order valence-corrected chi connectivity index (χ2v) is 5.53. The van der Waals surface area contributed by atoms with Crippen LogP contribution in [0.1, 0.15) is 55.5 Å². The number of hydrogen-bond acceptors (Lipinski definition) is 2. The lowest BCUT2D eigenvalue weighted by atomic mass is 9.79. The molecule has 0 spiro atoms. The molecule has 0 fully saturated rings. The van der Waals surface area contributed by atoms with Crippen LogP contribution in [-0.4, -0.2) is 11.6 Å². The maximum absolute atomic E-state index is 12.8. The third kappa shape index (κ3) is 1.64. The molecule has 0 radical (unpaired) electrons. The zero-order valence-corrected chi connectivity index (χ0v) is 12.0. The number of fused-ring (bicyclic) bond motifs is 2. The minimum atomic E-state index is -0.136. The van der Waals surface area contributed by atoms with E-state index in [9.17, 15) is 9.59 Å². The largest absolute Gasteiger partial charge is 0.289 e. The van der Waals surface area contributed by atoms with Crippen LogP contribution in [0.25, 0.3) is 0 Å². The van der Waals surface area contributed by atoms with Crippen molar-refractivity contribution in [2.75, 3.05) is 0 Å². The van der Waals surface area contributed by atoms with Crippen LogP contribution in [0, 0.1) is 27.7 Å². The van der Waals surface area contributed by atoms with E-state index in [1.807, 2.05) is 19.9 Å². The van der Waals surface area contributed by atoms with Gasteiger partial charge in [-0.2, -0.15) is 0 Å². The molecule has 0 bridgehead atoms. The third-order valence-corrected chi connectivity index (χ3v) is 3.81. The monoisotopic (exact) mass is 266 g/mol. The van der Waals surface area contributed by atoms with E-state index in [0.29, 0.717) is 33.9 Å². The van der Waals surface area contributed by atoms with Crippen LogP contribution in [0.4, 0.5) is 0 Å². The number of benzene rings is 2. The molecule has 0 aliphatic heterocycles. The Hall–Kier alpha value is -2.22. The van der Waals surface area contributed by atoms with Crippen LogP contribution in [0.3, 0.4) is 0 Å². The van der Waals surface area contributed by atoms with Gasteiger partial charge in [0.15, 0.2) is 11.6 Å². The molecular formula is C18H16O2. The summed E-state index contributed by atoms with van der Waals surface area (Å²) in [5, 5.41) is 0. The molecule has 3 rings (SSSR count). The van der Waals surface area contributed by atoms with Crippen molar-refractivity contribution in [1.82, 2.24) is 0 Å². The van der Waals surface area contributed by atoms with Crippen molar-refractivity contribution in [3.05, 3.63) is 68.7 Å². The van der Waals surface area contributed by atoms with Crippen LogP contribution >= 0.6 is 0 Å². The Balaban J connectivity index is 2.42. The SMILES string of the molecule is [3H]c1c(C)cc2c(c1C)C(=O)c1c(C)cc(C)cc1C2=O. The Kier molecular flexibility index (Phi) is 2.40. The van der Waals surface area contributed by atoms with Gasteiger partial charge in [-0.15, -0.1) is 0 Å². The van der Waals surface area contributed by atoms with E-state index in [4.69, 9.17) is 1.37 Å². The van der Waals surface area contributed by atoms with Crippen LogP contribution in [-0.2, 0) is 0 Å². The van der Waals surface area contributed by atoms with Gasteiger partial charge in [0.05, 0.1) is 1.37 Å². The summed E-state index contributed by atoms with van der Waals surface area (Å²) in [7, 11) is 0. The van der Waals surface area contributed by atoms with Crippen molar-refractivity contribution in [1.29, 1.82) is 0 Å². The molecule has 0 saturated carbocycles. The zero-order valence-electron chi connectivity index (χ0n) is 13.0. The maximum atomic E-state index is 12.8. The van der Waals surface area contributed by atoms with Gasteiger partial charge in [-0.1, -0.05) is 23.2 Å². The normalized spacial score (nSPS) is 13.9. The first-order valence-electron chi connectivity index (χ1n) is 7.14. The fraction of sp³-hybridized carbons (Fsp3) is 0.222. The molecule has 2 aromatic rings. The van der Waals surface area contributed by atoms with Crippen molar-refractivity contribution < 1.29 is 11.0 Å². The lowest BCUT2D eigenvalue weighted by Gasteiger charge is -2.22. The lowest BCUT2D eigenvalue weighted by molar-refractivity contribution is 0.0978. The Labute approximate surface area is 119 Å². The molecule has 0 aromatic heterocycles. The highest BCUT2D eigenvalue weighted by atomic mass is 16.1. The van der Waals surface area contributed by atoms with Crippen molar-refractivity contribution in [3.8, 4) is 0 Å². The summed E-state index contributed by atoms with van der Waals surface area (Å²) in [5.41, 5.74) is 4.92. The van der Waals surface area contributed by atoms with E-state index in [0.717, 1.165) is 16.7 Å². The Morgan fingerprint density at radius 1 is 0.750 bits per heavy atom. The first-order valence-corrected chi connectivity index (χ1v) is 6.64. The lowest BCUT2D eigenvalue weighted by Crippen LogP contribution is -2.23. The average Bonchev–Trinajstić information content (AvgIpc) is 2.41. The molecule has 1 aliphatic rings. The summed E-state index contributed by atoms with van der Waals surface area (Å²) in [6.07, 6.45) is 0. The maximum Gasteiger partial charge on any atom is 0.195 e. The molecule has 1 aliphatic carbocycles. The Morgan fingerprint density at radius 2 is 1.30 bits per heavy atom.